The maximum absolute atomic E-state index is 3.62. The van der Waals surface area contributed by atoms with Crippen molar-refractivity contribution in [1.82, 2.24) is 5.32 Å². The third kappa shape index (κ3) is 4.46. The molecule has 1 atom stereocenters. The van der Waals surface area contributed by atoms with E-state index in [2.05, 4.69) is 65.1 Å². The molecule has 1 N–H and O–H groups in total. The van der Waals surface area contributed by atoms with E-state index in [-0.39, 0.29) is 0 Å². The van der Waals surface area contributed by atoms with Gasteiger partial charge in [0, 0.05) is 29.3 Å². The quantitative estimate of drug-likeness (QED) is 0.762. The molecule has 0 bridgehead atoms. The molecule has 1 heterocycles. The molecule has 1 aliphatic heterocycles. The summed E-state index contributed by atoms with van der Waals surface area (Å²) in [7, 11) is 0. The Bertz CT molecular complexity index is 439. The maximum Gasteiger partial charge on any atom is 0.0415 e. The third-order valence-electron chi connectivity index (χ3n) is 4.62. The number of halogens is 1. The lowest BCUT2D eigenvalue weighted by atomic mass is 9.91. The van der Waals surface area contributed by atoms with Crippen LogP contribution >= 0.6 is 15.9 Å². The lowest BCUT2D eigenvalue weighted by molar-refractivity contribution is 0.378. The summed E-state index contributed by atoms with van der Waals surface area (Å²) in [6, 6.07) is 7.14. The van der Waals surface area contributed by atoms with Crippen LogP contribution in [0, 0.1) is 5.92 Å². The molecule has 3 heteroatoms. The van der Waals surface area contributed by atoms with Crippen LogP contribution in [0.15, 0.2) is 22.7 Å². The molecule has 1 aromatic carbocycles. The van der Waals surface area contributed by atoms with Gasteiger partial charge in [0.15, 0.2) is 0 Å². The number of benzene rings is 1. The second kappa shape index (κ2) is 8.19. The van der Waals surface area contributed by atoms with E-state index in [0.717, 1.165) is 12.5 Å². The molecule has 0 radical (unpaired) electrons. The second-order valence-electron chi connectivity index (χ2n) is 6.20. The van der Waals surface area contributed by atoms with Crippen molar-refractivity contribution in [2.24, 2.45) is 5.92 Å². The van der Waals surface area contributed by atoms with E-state index in [9.17, 15) is 0 Å². The first-order chi connectivity index (χ1) is 10.2. The molecule has 2 nitrogen and oxygen atoms in total. The molecule has 1 fully saturated rings. The molecule has 0 saturated carbocycles. The highest BCUT2D eigenvalue weighted by Crippen LogP contribution is 2.33. The van der Waals surface area contributed by atoms with Crippen LogP contribution in [-0.4, -0.2) is 19.6 Å². The Hall–Kier alpha value is -0.540. The van der Waals surface area contributed by atoms with Gasteiger partial charge >= 0.3 is 0 Å². The Morgan fingerprint density at radius 3 is 2.62 bits per heavy atom. The van der Waals surface area contributed by atoms with E-state index in [0.29, 0.717) is 6.04 Å². The molecule has 1 saturated heterocycles. The average Bonchev–Trinajstić information content (AvgIpc) is 2.49. The van der Waals surface area contributed by atoms with Crippen molar-refractivity contribution in [2.75, 3.05) is 24.5 Å². The molecule has 118 valence electrons. The zero-order valence-corrected chi connectivity index (χ0v) is 15.2. The minimum Gasteiger partial charge on any atom is -0.371 e. The first kappa shape index (κ1) is 16.8. The zero-order valence-electron chi connectivity index (χ0n) is 13.7. The fourth-order valence-corrected chi connectivity index (χ4v) is 3.83. The largest absolute Gasteiger partial charge is 0.371 e. The highest BCUT2D eigenvalue weighted by molar-refractivity contribution is 9.10. The van der Waals surface area contributed by atoms with Crippen LogP contribution in [0.4, 0.5) is 5.69 Å². The number of nitrogens with zero attached hydrogens (tertiary/aromatic N) is 1. The highest BCUT2D eigenvalue weighted by atomic mass is 79.9. The van der Waals surface area contributed by atoms with Crippen molar-refractivity contribution in [2.45, 2.75) is 52.5 Å². The number of piperidine rings is 1. The lowest BCUT2D eigenvalue weighted by Crippen LogP contribution is -2.35. The van der Waals surface area contributed by atoms with Crippen molar-refractivity contribution in [3.8, 4) is 0 Å². The fourth-order valence-electron chi connectivity index (χ4n) is 3.45. The third-order valence-corrected chi connectivity index (χ3v) is 5.11. The van der Waals surface area contributed by atoms with Gasteiger partial charge in [-0.3, -0.25) is 0 Å². The van der Waals surface area contributed by atoms with Crippen molar-refractivity contribution >= 4 is 21.6 Å². The monoisotopic (exact) mass is 352 g/mol. The smallest absolute Gasteiger partial charge is 0.0415 e. The second-order valence-corrected chi connectivity index (χ2v) is 7.12. The van der Waals surface area contributed by atoms with Crippen LogP contribution in [0.3, 0.4) is 0 Å². The predicted octanol–water partition coefficient (Wildman–Crippen LogP) is 5.14. The van der Waals surface area contributed by atoms with Crippen molar-refractivity contribution in [3.05, 3.63) is 28.2 Å². The van der Waals surface area contributed by atoms with Gasteiger partial charge in [-0.25, -0.2) is 0 Å². The molecule has 0 aromatic heterocycles. The van der Waals surface area contributed by atoms with E-state index in [1.54, 1.807) is 0 Å². The number of hydrogen-bond donors (Lipinski definition) is 1. The van der Waals surface area contributed by atoms with Gasteiger partial charge in [0.2, 0.25) is 0 Å². The Kier molecular flexibility index (Phi) is 6.56. The Morgan fingerprint density at radius 2 is 2.00 bits per heavy atom. The van der Waals surface area contributed by atoms with Gasteiger partial charge in [0.1, 0.15) is 0 Å². The summed E-state index contributed by atoms with van der Waals surface area (Å²) in [5.41, 5.74) is 2.83. The Balaban J connectivity index is 2.12. The lowest BCUT2D eigenvalue weighted by Gasteiger charge is -2.35. The summed E-state index contributed by atoms with van der Waals surface area (Å²) in [6.07, 6.45) is 5.42. The van der Waals surface area contributed by atoms with Crippen LogP contribution < -0.4 is 10.2 Å². The van der Waals surface area contributed by atoms with Crippen LogP contribution in [-0.2, 0) is 0 Å². The summed E-state index contributed by atoms with van der Waals surface area (Å²) in [4.78, 5) is 2.59. The summed E-state index contributed by atoms with van der Waals surface area (Å²) in [5.74, 6) is 0.941. The van der Waals surface area contributed by atoms with Gasteiger partial charge in [0.05, 0.1) is 0 Å². The first-order valence-electron chi connectivity index (χ1n) is 8.43. The summed E-state index contributed by atoms with van der Waals surface area (Å²) >= 11 is 3.62. The topological polar surface area (TPSA) is 15.3 Å². The summed E-state index contributed by atoms with van der Waals surface area (Å²) in [5, 5.41) is 3.55. The van der Waals surface area contributed by atoms with Crippen molar-refractivity contribution in [3.63, 3.8) is 0 Å². The van der Waals surface area contributed by atoms with Crippen LogP contribution in [0.25, 0.3) is 0 Å². The summed E-state index contributed by atoms with van der Waals surface area (Å²) < 4.78 is 1.17. The minimum atomic E-state index is 0.399. The molecular weight excluding hydrogens is 324 g/mol. The number of anilines is 1. The molecule has 0 spiro atoms. The standard InChI is InChI=1S/C18H29BrN2/c1-4-6-15-9-11-21(12-10-15)18-8-7-16(19)13-17(18)14(3)20-5-2/h7-8,13-15,20H,4-6,9-12H2,1-3H3. The van der Waals surface area contributed by atoms with Gasteiger partial charge < -0.3 is 10.2 Å². The number of hydrogen-bond acceptors (Lipinski definition) is 2. The molecule has 0 amide bonds. The van der Waals surface area contributed by atoms with Gasteiger partial charge in [0.25, 0.3) is 0 Å². The highest BCUT2D eigenvalue weighted by Gasteiger charge is 2.22. The molecule has 1 aromatic rings. The van der Waals surface area contributed by atoms with Gasteiger partial charge in [-0.2, -0.15) is 0 Å². The number of rotatable bonds is 6. The first-order valence-corrected chi connectivity index (χ1v) is 9.22. The SMILES string of the molecule is CCCC1CCN(c2ccc(Br)cc2C(C)NCC)CC1. The fraction of sp³-hybridized carbons (Fsp3) is 0.667. The van der Waals surface area contributed by atoms with E-state index < -0.39 is 0 Å². The Morgan fingerprint density at radius 1 is 1.29 bits per heavy atom. The normalized spacial score (nSPS) is 18.0. The van der Waals surface area contributed by atoms with Gasteiger partial charge in [-0.1, -0.05) is 42.6 Å². The molecule has 1 unspecified atom stereocenters. The van der Waals surface area contributed by atoms with Gasteiger partial charge in [-0.15, -0.1) is 0 Å². The van der Waals surface area contributed by atoms with Crippen LogP contribution in [0.2, 0.25) is 0 Å². The molecule has 1 aliphatic rings. The summed E-state index contributed by atoms with van der Waals surface area (Å²) in [6.45, 7) is 10.2. The van der Waals surface area contributed by atoms with Crippen LogP contribution in [0.5, 0.6) is 0 Å². The van der Waals surface area contributed by atoms with Gasteiger partial charge in [-0.05, 0) is 56.0 Å². The Labute approximate surface area is 138 Å². The van der Waals surface area contributed by atoms with Crippen molar-refractivity contribution < 1.29 is 0 Å². The van der Waals surface area contributed by atoms with Crippen LogP contribution in [0.1, 0.15) is 58.1 Å². The molecule has 2 rings (SSSR count). The predicted molar refractivity (Wildman–Crippen MR) is 96.1 cm³/mol. The van der Waals surface area contributed by atoms with Crippen molar-refractivity contribution in [1.29, 1.82) is 0 Å². The minimum absolute atomic E-state index is 0.399. The maximum atomic E-state index is 3.62. The van der Waals surface area contributed by atoms with E-state index in [4.69, 9.17) is 0 Å². The van der Waals surface area contributed by atoms with E-state index in [1.165, 1.54) is 54.5 Å². The molecule has 0 aliphatic carbocycles. The number of nitrogens with one attached hydrogen (secondary N) is 1. The average molecular weight is 353 g/mol. The zero-order chi connectivity index (χ0) is 15.2. The molecule has 21 heavy (non-hydrogen) atoms. The van der Waals surface area contributed by atoms with E-state index >= 15 is 0 Å². The molecular formula is C18H29BrN2. The van der Waals surface area contributed by atoms with E-state index in [1.807, 2.05) is 0 Å².